The molecule has 234 valence electrons. The maximum atomic E-state index is 14.7. The number of aromatic nitrogens is 3. The van der Waals surface area contributed by atoms with Crippen molar-refractivity contribution in [3.8, 4) is 11.3 Å². The van der Waals surface area contributed by atoms with Crippen molar-refractivity contribution < 1.29 is 57.9 Å². The Morgan fingerprint density at radius 1 is 1.02 bits per heavy atom. The number of amides is 2. The zero-order chi connectivity index (χ0) is 32.1. The third kappa shape index (κ3) is 6.43. The van der Waals surface area contributed by atoms with Gasteiger partial charge in [0.2, 0.25) is 5.91 Å². The van der Waals surface area contributed by atoms with Crippen LogP contribution in [0.3, 0.4) is 0 Å². The fourth-order valence-electron chi connectivity index (χ4n) is 4.62. The maximum absolute atomic E-state index is 14.7. The molecule has 1 aliphatic rings. The van der Waals surface area contributed by atoms with Crippen molar-refractivity contribution in [3.05, 3.63) is 47.3 Å². The highest BCUT2D eigenvalue weighted by atomic mass is 19.4. The van der Waals surface area contributed by atoms with Crippen LogP contribution >= 0.6 is 0 Å². The van der Waals surface area contributed by atoms with E-state index in [1.807, 2.05) is 0 Å². The molecule has 4 rings (SSSR count). The van der Waals surface area contributed by atoms with Crippen molar-refractivity contribution in [1.82, 2.24) is 24.8 Å². The summed E-state index contributed by atoms with van der Waals surface area (Å²) < 4.78 is 147. The number of hydrogen-bond donors (Lipinski definition) is 2. The standard InChI is InChI=1S/C24H19F11N6O2/c25-6-11-2-1-10(16-4-13(22(27,28)29)19-20(36)37-9-38-41(16)19)3-12(11)21(43)39-15-8-40(7-14(15)26)18(42)5-17(23(30,31)32)24(33,34)35/h1-4,9,14-15,17H,5-8H2,(H,39,43)(H2,36,37,38)/t14-,15+/m0/s1. The summed E-state index contributed by atoms with van der Waals surface area (Å²) in [5, 5.41) is 5.88. The fourth-order valence-corrected chi connectivity index (χ4v) is 4.62. The minimum absolute atomic E-state index is 0.0867. The summed E-state index contributed by atoms with van der Waals surface area (Å²) in [5.41, 5.74) is 2.72. The number of benzene rings is 1. The molecule has 0 bridgehead atoms. The summed E-state index contributed by atoms with van der Waals surface area (Å²) in [6.45, 7) is -2.99. The molecule has 0 unspecified atom stereocenters. The molecule has 3 aromatic rings. The number of likely N-dealkylation sites (tertiary alicyclic amines) is 1. The zero-order valence-corrected chi connectivity index (χ0v) is 21.3. The number of anilines is 1. The number of rotatable bonds is 6. The third-order valence-corrected chi connectivity index (χ3v) is 6.77. The van der Waals surface area contributed by atoms with Crippen molar-refractivity contribution in [2.24, 2.45) is 5.92 Å². The Morgan fingerprint density at radius 2 is 1.67 bits per heavy atom. The van der Waals surface area contributed by atoms with Crippen LogP contribution in [0.25, 0.3) is 16.8 Å². The molecule has 43 heavy (non-hydrogen) atoms. The molecule has 2 amide bonds. The van der Waals surface area contributed by atoms with Crippen LogP contribution in [0.5, 0.6) is 0 Å². The molecule has 2 aromatic heterocycles. The summed E-state index contributed by atoms with van der Waals surface area (Å²) in [6, 6.07) is 2.28. The second-order valence-electron chi connectivity index (χ2n) is 9.59. The molecule has 2 atom stereocenters. The smallest absolute Gasteiger partial charge is 0.382 e. The molecule has 1 fully saturated rings. The van der Waals surface area contributed by atoms with Gasteiger partial charge in [-0.25, -0.2) is 18.3 Å². The van der Waals surface area contributed by atoms with Gasteiger partial charge in [-0.15, -0.1) is 0 Å². The Hall–Kier alpha value is -4.19. The monoisotopic (exact) mass is 632 g/mol. The van der Waals surface area contributed by atoms with E-state index in [-0.39, 0.29) is 16.8 Å². The molecule has 0 saturated carbocycles. The van der Waals surface area contributed by atoms with Crippen LogP contribution in [0, 0.1) is 5.92 Å². The van der Waals surface area contributed by atoms with Crippen molar-refractivity contribution in [1.29, 1.82) is 0 Å². The lowest BCUT2D eigenvalue weighted by Crippen LogP contribution is -2.43. The first-order valence-corrected chi connectivity index (χ1v) is 12.1. The first-order chi connectivity index (χ1) is 19.8. The van der Waals surface area contributed by atoms with E-state index in [1.54, 1.807) is 0 Å². The summed E-state index contributed by atoms with van der Waals surface area (Å²) >= 11 is 0. The molecule has 1 aromatic carbocycles. The molecular weight excluding hydrogens is 613 g/mol. The Labute approximate surface area is 233 Å². The van der Waals surface area contributed by atoms with Crippen LogP contribution in [0.15, 0.2) is 30.6 Å². The van der Waals surface area contributed by atoms with Crippen LogP contribution < -0.4 is 11.1 Å². The molecule has 1 saturated heterocycles. The van der Waals surface area contributed by atoms with Gasteiger partial charge in [-0.2, -0.15) is 44.6 Å². The lowest BCUT2D eigenvalue weighted by molar-refractivity contribution is -0.284. The Bertz CT molecular complexity index is 1520. The number of halogens is 11. The Balaban J connectivity index is 1.59. The van der Waals surface area contributed by atoms with Gasteiger partial charge in [-0.3, -0.25) is 9.59 Å². The predicted octanol–water partition coefficient (Wildman–Crippen LogP) is 4.88. The summed E-state index contributed by atoms with van der Waals surface area (Å²) in [6.07, 6.45) is -19.8. The molecule has 0 spiro atoms. The van der Waals surface area contributed by atoms with E-state index in [4.69, 9.17) is 5.73 Å². The lowest BCUT2D eigenvalue weighted by atomic mass is 10.0. The zero-order valence-electron chi connectivity index (χ0n) is 21.3. The van der Waals surface area contributed by atoms with Gasteiger partial charge in [0.05, 0.1) is 23.8 Å². The number of nitrogen functional groups attached to an aromatic ring is 1. The van der Waals surface area contributed by atoms with Crippen LogP contribution in [-0.4, -0.2) is 69.0 Å². The van der Waals surface area contributed by atoms with E-state index >= 15 is 0 Å². The summed E-state index contributed by atoms with van der Waals surface area (Å²) in [5.74, 6) is -7.34. The number of alkyl halides is 11. The van der Waals surface area contributed by atoms with E-state index in [2.05, 4.69) is 15.4 Å². The number of nitrogens with zero attached hydrogens (tertiary/aromatic N) is 4. The topological polar surface area (TPSA) is 106 Å². The van der Waals surface area contributed by atoms with E-state index in [9.17, 15) is 57.9 Å². The van der Waals surface area contributed by atoms with E-state index in [0.717, 1.165) is 23.0 Å². The molecule has 0 aliphatic carbocycles. The number of carbonyl (C=O) groups excluding carboxylic acids is 2. The Morgan fingerprint density at radius 3 is 2.26 bits per heavy atom. The van der Waals surface area contributed by atoms with Gasteiger partial charge in [-0.05, 0) is 17.7 Å². The first kappa shape index (κ1) is 31.7. The predicted molar refractivity (Wildman–Crippen MR) is 126 cm³/mol. The molecule has 1 aliphatic heterocycles. The van der Waals surface area contributed by atoms with Gasteiger partial charge >= 0.3 is 18.5 Å². The van der Waals surface area contributed by atoms with Gasteiger partial charge in [0.25, 0.3) is 5.91 Å². The quantitative estimate of drug-likeness (QED) is 0.378. The van der Waals surface area contributed by atoms with Crippen molar-refractivity contribution in [2.45, 2.75) is 43.8 Å². The highest BCUT2D eigenvalue weighted by Gasteiger charge is 2.57. The highest BCUT2D eigenvalue weighted by molar-refractivity contribution is 5.97. The summed E-state index contributed by atoms with van der Waals surface area (Å²) in [4.78, 5) is 29.2. The fraction of sp³-hybridized carbons (Fsp3) is 0.417. The van der Waals surface area contributed by atoms with Crippen LogP contribution in [0.4, 0.5) is 54.1 Å². The van der Waals surface area contributed by atoms with Gasteiger partial charge in [0.15, 0.2) is 11.7 Å². The van der Waals surface area contributed by atoms with Crippen LogP contribution in [-0.2, 0) is 17.6 Å². The number of carbonyl (C=O) groups is 2. The molecule has 19 heteroatoms. The third-order valence-electron chi connectivity index (χ3n) is 6.77. The van der Waals surface area contributed by atoms with E-state index in [0.29, 0.717) is 11.0 Å². The minimum Gasteiger partial charge on any atom is -0.382 e. The van der Waals surface area contributed by atoms with Crippen LogP contribution in [0.1, 0.15) is 27.9 Å². The average Bonchev–Trinajstić information content (AvgIpc) is 3.47. The number of nitrogens with one attached hydrogen (secondary N) is 1. The molecule has 3 heterocycles. The van der Waals surface area contributed by atoms with Crippen molar-refractivity contribution >= 4 is 23.1 Å². The number of nitrogens with two attached hydrogens (primary N) is 1. The molecule has 0 radical (unpaired) electrons. The van der Waals surface area contributed by atoms with Gasteiger partial charge < -0.3 is 16.0 Å². The second-order valence-corrected chi connectivity index (χ2v) is 9.59. The van der Waals surface area contributed by atoms with Crippen molar-refractivity contribution in [2.75, 3.05) is 18.8 Å². The average molecular weight is 632 g/mol. The normalized spacial score (nSPS) is 18.1. The van der Waals surface area contributed by atoms with E-state index < -0.39 is 97.1 Å². The second kappa shape index (κ2) is 11.1. The maximum Gasteiger partial charge on any atom is 0.418 e. The number of fused-ring (bicyclic) bond motifs is 1. The SMILES string of the molecule is Nc1ncnn2c(-c3ccc(CF)c(C(=O)N[C@@H]4CN(C(=O)CC(C(F)(F)F)C(F)(F)F)C[C@@H]4F)c3)cc(C(F)(F)F)c12. The first-order valence-electron chi connectivity index (χ1n) is 12.1. The minimum atomic E-state index is -5.80. The molecular formula is C24H19F11N6O2. The molecule has 3 N–H and O–H groups in total. The van der Waals surface area contributed by atoms with Gasteiger partial charge in [0, 0.05) is 24.1 Å². The molecule has 8 nitrogen and oxygen atoms in total. The van der Waals surface area contributed by atoms with E-state index in [1.165, 1.54) is 6.07 Å². The van der Waals surface area contributed by atoms with Crippen molar-refractivity contribution in [3.63, 3.8) is 0 Å². The highest BCUT2D eigenvalue weighted by Crippen LogP contribution is 2.42. The van der Waals surface area contributed by atoms with Crippen LogP contribution in [0.2, 0.25) is 0 Å². The largest absolute Gasteiger partial charge is 0.418 e. The summed E-state index contributed by atoms with van der Waals surface area (Å²) in [7, 11) is 0. The lowest BCUT2D eigenvalue weighted by Gasteiger charge is -2.25. The Kier molecular flexibility index (Phi) is 8.22. The van der Waals surface area contributed by atoms with Gasteiger partial charge in [0.1, 0.15) is 24.7 Å². The van der Waals surface area contributed by atoms with Gasteiger partial charge in [-0.1, -0.05) is 12.1 Å². The number of hydrogen-bond acceptors (Lipinski definition) is 5.